The second kappa shape index (κ2) is 5.57. The fraction of sp³-hybridized carbons (Fsp3) is 1.00. The van der Waals surface area contributed by atoms with E-state index in [1.165, 1.54) is 0 Å². The summed E-state index contributed by atoms with van der Waals surface area (Å²) in [6.45, 7) is 0. The average Bonchev–Trinajstić information content (AvgIpc) is 2.09. The predicted molar refractivity (Wildman–Crippen MR) is 44.1 cm³/mol. The molecule has 0 saturated heterocycles. The molecule has 0 amide bonds. The van der Waals surface area contributed by atoms with Gasteiger partial charge in [-0.05, 0) is 0 Å². The molecule has 0 fully saturated rings. The lowest BCUT2D eigenvalue weighted by Gasteiger charge is -2.31. The van der Waals surface area contributed by atoms with Crippen molar-refractivity contribution in [2.24, 2.45) is 0 Å². The lowest BCUT2D eigenvalue weighted by molar-refractivity contribution is -0.330. The first-order valence-corrected chi connectivity index (χ1v) is 5.33. The molecule has 0 rings (SSSR count). The summed E-state index contributed by atoms with van der Waals surface area (Å²) in [6, 6.07) is 0. The Balaban J connectivity index is 5.44. The quantitative estimate of drug-likeness (QED) is 0.601. The topological polar surface area (TPSA) is 0 Å². The predicted octanol–water partition coefficient (Wildman–Crippen LogP) is 5.39. The van der Waals surface area contributed by atoms with E-state index in [1.54, 1.807) is 0 Å². The summed E-state index contributed by atoms with van der Waals surface area (Å²) in [4.78, 5) is 0. The molecule has 0 heterocycles. The van der Waals surface area contributed by atoms with Gasteiger partial charge in [-0.1, -0.05) is 11.8 Å². The molecule has 0 spiro atoms. The standard InChI is InChI=1S/C7H3F13S/c8-3(9,10)1-2(4(11,12)13)21-7(19,20)5(14,15)6(16,17)18/h2H,1H2. The Morgan fingerprint density at radius 1 is 0.667 bits per heavy atom. The van der Waals surface area contributed by atoms with Gasteiger partial charge < -0.3 is 0 Å². The van der Waals surface area contributed by atoms with Crippen molar-refractivity contribution >= 4 is 11.8 Å². The maximum Gasteiger partial charge on any atom is 0.460 e. The van der Waals surface area contributed by atoms with Gasteiger partial charge in [-0.2, -0.15) is 57.1 Å². The molecule has 0 nitrogen and oxygen atoms in total. The zero-order chi connectivity index (χ0) is 17.5. The van der Waals surface area contributed by atoms with Crippen LogP contribution < -0.4 is 0 Å². The Morgan fingerprint density at radius 2 is 1.05 bits per heavy atom. The van der Waals surface area contributed by atoms with Gasteiger partial charge in [0.15, 0.2) is 0 Å². The van der Waals surface area contributed by atoms with E-state index in [9.17, 15) is 57.1 Å². The third-order valence-corrected chi connectivity index (χ3v) is 3.06. The Labute approximate surface area is 111 Å². The summed E-state index contributed by atoms with van der Waals surface area (Å²) in [5.41, 5.74) is 0. The van der Waals surface area contributed by atoms with Crippen molar-refractivity contribution in [2.45, 2.75) is 41.4 Å². The van der Waals surface area contributed by atoms with Crippen LogP contribution in [-0.2, 0) is 0 Å². The molecule has 128 valence electrons. The summed E-state index contributed by atoms with van der Waals surface area (Å²) in [5.74, 6) is -6.93. The highest BCUT2D eigenvalue weighted by molar-refractivity contribution is 8.01. The van der Waals surface area contributed by atoms with E-state index in [2.05, 4.69) is 0 Å². The average molecular weight is 366 g/mol. The Morgan fingerprint density at radius 3 is 1.29 bits per heavy atom. The van der Waals surface area contributed by atoms with Crippen LogP contribution in [0.25, 0.3) is 0 Å². The molecule has 0 radical (unpaired) electrons. The fourth-order valence-corrected chi connectivity index (χ4v) is 1.88. The Bertz CT molecular complexity index is 347. The highest BCUT2D eigenvalue weighted by Gasteiger charge is 2.74. The summed E-state index contributed by atoms with van der Waals surface area (Å²) < 4.78 is 157. The number of hydrogen-bond donors (Lipinski definition) is 0. The molecule has 1 unspecified atom stereocenters. The lowest BCUT2D eigenvalue weighted by Crippen LogP contribution is -2.51. The second-order valence-electron chi connectivity index (χ2n) is 3.56. The first-order valence-electron chi connectivity index (χ1n) is 4.45. The molecule has 0 N–H and O–H groups in total. The van der Waals surface area contributed by atoms with Gasteiger partial charge in [-0.3, -0.25) is 0 Å². The first-order chi connectivity index (χ1) is 8.81. The molecule has 0 aliphatic rings. The van der Waals surface area contributed by atoms with Crippen LogP contribution in [0.15, 0.2) is 0 Å². The van der Waals surface area contributed by atoms with Crippen molar-refractivity contribution in [1.82, 2.24) is 0 Å². The van der Waals surface area contributed by atoms with Gasteiger partial charge in [0.2, 0.25) is 0 Å². The van der Waals surface area contributed by atoms with E-state index in [4.69, 9.17) is 0 Å². The summed E-state index contributed by atoms with van der Waals surface area (Å²) in [7, 11) is 0. The normalized spacial score (nSPS) is 17.0. The van der Waals surface area contributed by atoms with Gasteiger partial charge in [0.1, 0.15) is 5.25 Å². The second-order valence-corrected chi connectivity index (χ2v) is 4.87. The minimum Gasteiger partial charge on any atom is -0.188 e. The zero-order valence-electron chi connectivity index (χ0n) is 9.11. The van der Waals surface area contributed by atoms with E-state index in [-0.39, 0.29) is 0 Å². The maximum absolute atomic E-state index is 12.7. The molecule has 0 saturated carbocycles. The van der Waals surface area contributed by atoms with Crippen LogP contribution in [0.1, 0.15) is 6.42 Å². The first kappa shape index (κ1) is 20.4. The number of halogens is 13. The smallest absolute Gasteiger partial charge is 0.188 e. The van der Waals surface area contributed by atoms with Crippen LogP contribution in [0.4, 0.5) is 57.1 Å². The van der Waals surface area contributed by atoms with Gasteiger partial charge in [-0.25, -0.2) is 0 Å². The van der Waals surface area contributed by atoms with Crippen molar-refractivity contribution in [3.05, 3.63) is 0 Å². The molecule has 21 heavy (non-hydrogen) atoms. The minimum atomic E-state index is -6.93. The molecule has 0 aromatic carbocycles. The maximum atomic E-state index is 12.7. The molecular weight excluding hydrogens is 363 g/mol. The van der Waals surface area contributed by atoms with Gasteiger partial charge >= 0.3 is 29.7 Å². The van der Waals surface area contributed by atoms with Crippen molar-refractivity contribution in [3.63, 3.8) is 0 Å². The molecule has 0 aliphatic heterocycles. The van der Waals surface area contributed by atoms with Crippen molar-refractivity contribution in [3.8, 4) is 0 Å². The van der Waals surface area contributed by atoms with Crippen LogP contribution in [0.2, 0.25) is 0 Å². The number of rotatable bonds is 4. The Hall–Kier alpha value is -0.560. The number of alkyl halides is 13. The molecule has 0 aliphatic carbocycles. The highest BCUT2D eigenvalue weighted by atomic mass is 32.2. The third-order valence-electron chi connectivity index (χ3n) is 1.79. The summed E-state index contributed by atoms with van der Waals surface area (Å²) >= 11 is -2.43. The molecule has 0 bridgehead atoms. The fourth-order valence-electron chi connectivity index (χ4n) is 0.852. The summed E-state index contributed by atoms with van der Waals surface area (Å²) in [6.07, 6.45) is -21.7. The minimum absolute atomic E-state index is 2.43. The van der Waals surface area contributed by atoms with E-state index in [0.29, 0.717) is 0 Å². The molecular formula is C7H3F13S. The largest absolute Gasteiger partial charge is 0.460 e. The van der Waals surface area contributed by atoms with E-state index >= 15 is 0 Å². The highest BCUT2D eigenvalue weighted by Crippen LogP contribution is 2.55. The lowest BCUT2D eigenvalue weighted by atomic mass is 10.3. The van der Waals surface area contributed by atoms with Crippen LogP contribution in [0, 0.1) is 0 Å². The van der Waals surface area contributed by atoms with E-state index in [1.807, 2.05) is 0 Å². The number of hydrogen-bond acceptors (Lipinski definition) is 1. The van der Waals surface area contributed by atoms with Crippen LogP contribution in [0.5, 0.6) is 0 Å². The molecule has 1 atom stereocenters. The monoisotopic (exact) mass is 366 g/mol. The van der Waals surface area contributed by atoms with Crippen LogP contribution in [-0.4, -0.2) is 35.0 Å². The number of thioether (sulfide) groups is 1. The third kappa shape index (κ3) is 5.29. The van der Waals surface area contributed by atoms with Crippen molar-refractivity contribution in [2.75, 3.05) is 0 Å². The van der Waals surface area contributed by atoms with Crippen molar-refractivity contribution < 1.29 is 57.1 Å². The van der Waals surface area contributed by atoms with E-state index < -0.39 is 53.1 Å². The molecule has 0 aromatic heterocycles. The van der Waals surface area contributed by atoms with Gasteiger partial charge in [0.05, 0.1) is 6.42 Å². The van der Waals surface area contributed by atoms with Gasteiger partial charge in [0, 0.05) is 0 Å². The SMILES string of the molecule is FC(F)(F)CC(SC(F)(F)C(F)(F)C(F)(F)F)C(F)(F)F. The van der Waals surface area contributed by atoms with E-state index in [0.717, 1.165) is 0 Å². The molecule has 0 aromatic rings. The van der Waals surface area contributed by atoms with Crippen LogP contribution >= 0.6 is 11.8 Å². The van der Waals surface area contributed by atoms with Crippen LogP contribution in [0.3, 0.4) is 0 Å². The molecule has 14 heteroatoms. The van der Waals surface area contributed by atoms with Crippen molar-refractivity contribution in [1.29, 1.82) is 0 Å². The Kier molecular flexibility index (Phi) is 5.42. The van der Waals surface area contributed by atoms with Gasteiger partial charge in [0.25, 0.3) is 0 Å². The van der Waals surface area contributed by atoms with Gasteiger partial charge in [-0.15, -0.1) is 0 Å². The summed E-state index contributed by atoms with van der Waals surface area (Å²) in [5, 5.41) is -10.6. The zero-order valence-corrected chi connectivity index (χ0v) is 9.92.